The van der Waals surface area contributed by atoms with E-state index < -0.39 is 24.2 Å². The molecule has 0 saturated heterocycles. The largest absolute Gasteiger partial charge is 0.543 e. The van der Waals surface area contributed by atoms with Gasteiger partial charge in [-0.15, -0.1) is 0 Å². The molecule has 47 heavy (non-hydrogen) atoms. The van der Waals surface area contributed by atoms with Crippen molar-refractivity contribution in [3.63, 3.8) is 0 Å². The number of carbonyl (C=O) groups is 4. The second-order valence-electron chi connectivity index (χ2n) is 11.0. The van der Waals surface area contributed by atoms with Gasteiger partial charge in [-0.25, -0.2) is 29.0 Å². The third-order valence-corrected chi connectivity index (χ3v) is 7.17. The molecule has 0 aliphatic carbocycles. The van der Waals surface area contributed by atoms with Gasteiger partial charge in [0.05, 0.1) is 34.4 Å². The Kier molecular flexibility index (Phi) is 20.8. The molecule has 12 heteroatoms. The Morgan fingerprint density at radius 3 is 1.19 bits per heavy atom. The fourth-order valence-electron chi connectivity index (χ4n) is 4.47. The van der Waals surface area contributed by atoms with Crippen LogP contribution in [0.1, 0.15) is 129 Å². The van der Waals surface area contributed by atoms with Gasteiger partial charge in [-0.1, -0.05) is 95.9 Å². The lowest BCUT2D eigenvalue weighted by molar-refractivity contribution is -0.452. The highest BCUT2D eigenvalue weighted by atomic mass is 17.5. The molecular formula is C35H48O12. The van der Waals surface area contributed by atoms with Crippen molar-refractivity contribution in [2.75, 3.05) is 13.2 Å². The number of carbonyl (C=O) groups excluding carboxylic acids is 4. The van der Waals surface area contributed by atoms with E-state index in [1.54, 1.807) is 24.3 Å². The molecule has 0 heterocycles. The Labute approximate surface area is 276 Å². The molecule has 0 N–H and O–H groups in total. The van der Waals surface area contributed by atoms with Crippen molar-refractivity contribution in [1.82, 2.24) is 0 Å². The van der Waals surface area contributed by atoms with E-state index >= 15 is 0 Å². The summed E-state index contributed by atoms with van der Waals surface area (Å²) in [5.41, 5.74) is 2.79. The van der Waals surface area contributed by atoms with Crippen LogP contribution in [0.25, 0.3) is 0 Å². The highest BCUT2D eigenvalue weighted by Crippen LogP contribution is 2.13. The van der Waals surface area contributed by atoms with Gasteiger partial charge in [0, 0.05) is 0 Å². The smallest absolute Gasteiger partial charge is 0.432 e. The van der Waals surface area contributed by atoms with Crippen LogP contribution in [-0.4, -0.2) is 37.5 Å². The third kappa shape index (κ3) is 18.5. The molecule has 0 fully saturated rings. The van der Waals surface area contributed by atoms with Crippen molar-refractivity contribution in [1.29, 1.82) is 0 Å². The van der Waals surface area contributed by atoms with E-state index in [0.29, 0.717) is 12.8 Å². The predicted molar refractivity (Wildman–Crippen MR) is 170 cm³/mol. The van der Waals surface area contributed by atoms with Crippen molar-refractivity contribution in [2.24, 2.45) is 0 Å². The molecule has 0 aliphatic heterocycles. The summed E-state index contributed by atoms with van der Waals surface area (Å²) in [5, 5.41) is 8.49. The molecule has 0 saturated carbocycles. The van der Waals surface area contributed by atoms with Crippen LogP contribution in [0.15, 0.2) is 48.5 Å². The van der Waals surface area contributed by atoms with Gasteiger partial charge in [0.15, 0.2) is 0 Å². The van der Waals surface area contributed by atoms with Crippen molar-refractivity contribution in [2.45, 2.75) is 110 Å². The number of unbranched alkanes of at least 4 members (excludes halogenated alkanes) is 10. The monoisotopic (exact) mass is 660 g/mol. The first kappa shape index (κ1) is 39.0. The summed E-state index contributed by atoms with van der Waals surface area (Å²) in [6, 6.07) is 13.9. The molecule has 0 unspecified atom stereocenters. The lowest BCUT2D eigenvalue weighted by Crippen LogP contribution is -2.13. The quantitative estimate of drug-likeness (QED) is 0.0459. The van der Waals surface area contributed by atoms with Crippen LogP contribution in [0.4, 0.5) is 9.59 Å². The van der Waals surface area contributed by atoms with Gasteiger partial charge in [0.25, 0.3) is 0 Å². The molecule has 0 aromatic heterocycles. The maximum Gasteiger partial charge on any atom is 0.543 e. The first-order chi connectivity index (χ1) is 22.9. The molecule has 0 bridgehead atoms. The van der Waals surface area contributed by atoms with Crippen LogP contribution in [-0.2, 0) is 51.9 Å². The molecule has 2 aromatic rings. The molecule has 0 radical (unpaired) electrons. The molecule has 0 aliphatic rings. The van der Waals surface area contributed by atoms with E-state index in [0.717, 1.165) is 56.1 Å². The summed E-state index contributed by atoms with van der Waals surface area (Å²) in [4.78, 5) is 64.7. The second-order valence-corrected chi connectivity index (χ2v) is 11.0. The van der Waals surface area contributed by atoms with E-state index in [2.05, 4.69) is 43.5 Å². The minimum Gasteiger partial charge on any atom is -0.432 e. The minimum atomic E-state index is -1.13. The topological polar surface area (TPSA) is 142 Å². The molecule has 2 rings (SSSR count). The lowest BCUT2D eigenvalue weighted by Gasteiger charge is -2.06. The highest BCUT2D eigenvalue weighted by molar-refractivity contribution is 5.89. The summed E-state index contributed by atoms with van der Waals surface area (Å²) in [7, 11) is 0. The van der Waals surface area contributed by atoms with Gasteiger partial charge in [0.1, 0.15) is 0 Å². The zero-order valence-corrected chi connectivity index (χ0v) is 27.5. The first-order valence-electron chi connectivity index (χ1n) is 16.5. The molecule has 2 aromatic carbocycles. The number of hydrogen-bond donors (Lipinski definition) is 0. The van der Waals surface area contributed by atoms with Crippen LogP contribution >= 0.6 is 0 Å². The van der Waals surface area contributed by atoms with E-state index in [9.17, 15) is 19.2 Å². The summed E-state index contributed by atoms with van der Waals surface area (Å²) in [6.45, 7) is 4.49. The van der Waals surface area contributed by atoms with Crippen LogP contribution < -0.4 is 0 Å². The van der Waals surface area contributed by atoms with Crippen LogP contribution in [0.5, 0.6) is 0 Å². The Balaban J connectivity index is 1.41. The summed E-state index contributed by atoms with van der Waals surface area (Å²) in [5.74, 6) is -1.60. The van der Waals surface area contributed by atoms with Gasteiger partial charge in [-0.2, -0.15) is 0 Å². The Bertz CT molecular complexity index is 1070. The van der Waals surface area contributed by atoms with Crippen molar-refractivity contribution in [3.05, 3.63) is 70.8 Å². The van der Waals surface area contributed by atoms with E-state index in [4.69, 9.17) is 9.47 Å². The fraction of sp³-hybridized carbons (Fsp3) is 0.543. The second kappa shape index (κ2) is 25.0. The minimum absolute atomic E-state index is 0.0813. The number of aryl methyl sites for hydroxylation is 2. The summed E-state index contributed by atoms with van der Waals surface area (Å²) in [6.07, 6.45) is 12.3. The summed E-state index contributed by atoms with van der Waals surface area (Å²) < 4.78 is 9.71. The van der Waals surface area contributed by atoms with E-state index in [1.807, 2.05) is 24.3 Å². The van der Waals surface area contributed by atoms with Crippen LogP contribution in [0, 0.1) is 0 Å². The molecular weight excluding hydrogens is 612 g/mol. The lowest BCUT2D eigenvalue weighted by atomic mass is 10.0. The summed E-state index contributed by atoms with van der Waals surface area (Å²) >= 11 is 0. The predicted octanol–water partition coefficient (Wildman–Crippen LogP) is 8.90. The maximum absolute atomic E-state index is 12.0. The standard InChI is InChI=1S/C35H48O12/c1-3-5-7-12-16-28-18-22-30(23-19-28)32(36)42-46-44-34(38)40-26-14-10-9-11-15-27-41-35(39)45-47-43-33(37)31-24-20-29(21-25-31)17-13-8-6-4-2/h18-25H,3-17,26-27H2,1-2H3. The highest BCUT2D eigenvalue weighted by Gasteiger charge is 2.14. The molecule has 0 spiro atoms. The van der Waals surface area contributed by atoms with Crippen molar-refractivity contribution < 1.29 is 58.3 Å². The van der Waals surface area contributed by atoms with Gasteiger partial charge in [-0.3, -0.25) is 9.78 Å². The van der Waals surface area contributed by atoms with Gasteiger partial charge in [-0.05, 0) is 73.9 Å². The van der Waals surface area contributed by atoms with E-state index in [1.165, 1.54) is 38.5 Å². The normalized spacial score (nSPS) is 10.6. The molecule has 260 valence electrons. The zero-order chi connectivity index (χ0) is 34.0. The van der Waals surface area contributed by atoms with Crippen molar-refractivity contribution in [3.8, 4) is 0 Å². The van der Waals surface area contributed by atoms with Gasteiger partial charge in [0.2, 0.25) is 0 Å². The third-order valence-electron chi connectivity index (χ3n) is 7.17. The first-order valence-corrected chi connectivity index (χ1v) is 16.5. The van der Waals surface area contributed by atoms with Crippen LogP contribution in [0.3, 0.4) is 0 Å². The Hall–Kier alpha value is -4.16. The fourth-order valence-corrected chi connectivity index (χ4v) is 4.47. The maximum atomic E-state index is 12.0. The average Bonchev–Trinajstić information content (AvgIpc) is 3.08. The Morgan fingerprint density at radius 2 is 0.809 bits per heavy atom. The Morgan fingerprint density at radius 1 is 0.447 bits per heavy atom. The van der Waals surface area contributed by atoms with E-state index in [-0.39, 0.29) is 24.3 Å². The SMILES string of the molecule is CCCCCCc1ccc(C(=O)OOOC(=O)OCCCCCCCOC(=O)OOOC(=O)c2ccc(CCCCCC)cc2)cc1. The van der Waals surface area contributed by atoms with Gasteiger partial charge >= 0.3 is 24.2 Å². The zero-order valence-electron chi connectivity index (χ0n) is 27.5. The number of ether oxygens (including phenoxy) is 2. The number of hydrogen-bond acceptors (Lipinski definition) is 12. The van der Waals surface area contributed by atoms with Gasteiger partial charge < -0.3 is 9.47 Å². The number of benzene rings is 2. The number of rotatable bonds is 24. The molecule has 0 amide bonds. The van der Waals surface area contributed by atoms with Crippen LogP contribution in [0.2, 0.25) is 0 Å². The van der Waals surface area contributed by atoms with Crippen molar-refractivity contribution >= 4 is 24.2 Å². The average molecular weight is 661 g/mol. The molecule has 12 nitrogen and oxygen atoms in total. The molecule has 0 atom stereocenters.